The van der Waals surface area contributed by atoms with Crippen LogP contribution in [-0.4, -0.2) is 19.7 Å². The molecule has 0 aliphatic carbocycles. The number of hydrogen-bond donors (Lipinski definition) is 2. The second-order valence-corrected chi connectivity index (χ2v) is 3.20. The van der Waals surface area contributed by atoms with E-state index in [1.54, 1.807) is 0 Å². The van der Waals surface area contributed by atoms with Gasteiger partial charge < -0.3 is 10.1 Å². The number of hydrogen-bond acceptors (Lipinski definition) is 3. The van der Waals surface area contributed by atoms with E-state index < -0.39 is 17.3 Å². The third kappa shape index (κ3) is 1.04. The van der Waals surface area contributed by atoms with Gasteiger partial charge in [0.1, 0.15) is 0 Å². The summed E-state index contributed by atoms with van der Waals surface area (Å²) >= 11 is 3.07. The second kappa shape index (κ2) is 2.56. The lowest BCUT2D eigenvalue weighted by molar-refractivity contribution is 0.390. The van der Waals surface area contributed by atoms with Crippen molar-refractivity contribution < 1.29 is 9.50 Å². The van der Waals surface area contributed by atoms with Gasteiger partial charge in [-0.15, -0.1) is 0 Å². The van der Waals surface area contributed by atoms with Crippen LogP contribution in [0, 0.1) is 5.82 Å². The highest BCUT2D eigenvalue weighted by Gasteiger charge is 2.13. The maximum atomic E-state index is 12.8. The Morgan fingerprint density at radius 3 is 3.08 bits per heavy atom. The van der Waals surface area contributed by atoms with Crippen molar-refractivity contribution >= 4 is 21.6 Å². The van der Waals surface area contributed by atoms with Crippen LogP contribution in [0.3, 0.4) is 0 Å². The fourth-order valence-electron chi connectivity index (χ4n) is 0.959. The number of H-pyrrole nitrogens is 1. The molecule has 0 aliphatic heterocycles. The number of rotatable bonds is 0. The highest BCUT2D eigenvalue weighted by molar-refractivity contribution is 9.10. The lowest BCUT2D eigenvalue weighted by Crippen LogP contribution is -2.13. The molecule has 0 saturated carbocycles. The lowest BCUT2D eigenvalue weighted by Gasteiger charge is -1.97. The van der Waals surface area contributed by atoms with Gasteiger partial charge in [0.15, 0.2) is 5.65 Å². The lowest BCUT2D eigenvalue weighted by atomic mass is 10.5. The molecule has 0 saturated heterocycles. The molecular formula is C6H3BrFN3O2. The highest BCUT2D eigenvalue weighted by atomic mass is 79.9. The van der Waals surface area contributed by atoms with E-state index in [4.69, 9.17) is 5.11 Å². The molecule has 0 aromatic carbocycles. The van der Waals surface area contributed by atoms with Crippen molar-refractivity contribution in [3.63, 3.8) is 0 Å². The van der Waals surface area contributed by atoms with E-state index in [1.165, 1.54) is 6.20 Å². The number of nitrogens with zero attached hydrogens (tertiary/aromatic N) is 2. The minimum atomic E-state index is -1.25. The quantitative estimate of drug-likeness (QED) is 0.718. The van der Waals surface area contributed by atoms with Crippen molar-refractivity contribution in [2.75, 3.05) is 0 Å². The molecule has 68 valence electrons. The molecule has 0 aliphatic rings. The number of aromatic amines is 1. The van der Waals surface area contributed by atoms with Crippen LogP contribution in [0.1, 0.15) is 0 Å². The molecule has 7 heteroatoms. The molecule has 0 atom stereocenters. The smallest absolute Gasteiger partial charge is 0.291 e. The number of aromatic hydroxyl groups is 1. The van der Waals surface area contributed by atoms with E-state index in [-0.39, 0.29) is 5.65 Å². The first-order valence-electron chi connectivity index (χ1n) is 3.25. The predicted molar refractivity (Wildman–Crippen MR) is 45.1 cm³/mol. The molecular weight excluding hydrogens is 245 g/mol. The van der Waals surface area contributed by atoms with E-state index in [0.29, 0.717) is 4.47 Å². The van der Waals surface area contributed by atoms with Crippen molar-refractivity contribution in [2.45, 2.75) is 0 Å². The predicted octanol–water partition coefficient (Wildman–Crippen LogP) is 0.630. The summed E-state index contributed by atoms with van der Waals surface area (Å²) in [4.78, 5) is 13.1. The Hall–Kier alpha value is -1.37. The van der Waals surface area contributed by atoms with Crippen molar-refractivity contribution in [3.8, 4) is 5.88 Å². The normalized spacial score (nSPS) is 10.9. The molecule has 2 rings (SSSR count). The van der Waals surface area contributed by atoms with Gasteiger partial charge in [-0.1, -0.05) is 0 Å². The average Bonchev–Trinajstić information content (AvgIpc) is 2.45. The Kier molecular flexibility index (Phi) is 1.62. The fraction of sp³-hybridized carbons (Fsp3) is 0. The standard InChI is InChI=1S/C6H3BrFN3O2/c7-2-1-9-11-4(2)10-5(12)3(8)6(11)13/h1,13H,(H,10,12). The first-order chi connectivity index (χ1) is 6.11. The zero-order valence-electron chi connectivity index (χ0n) is 6.08. The van der Waals surface area contributed by atoms with Crippen molar-refractivity contribution in [2.24, 2.45) is 0 Å². The van der Waals surface area contributed by atoms with E-state index in [0.717, 1.165) is 4.52 Å². The van der Waals surface area contributed by atoms with Crippen molar-refractivity contribution in [3.05, 3.63) is 26.8 Å². The molecule has 5 nitrogen and oxygen atoms in total. The fourth-order valence-corrected chi connectivity index (χ4v) is 1.32. The zero-order valence-corrected chi connectivity index (χ0v) is 7.67. The van der Waals surface area contributed by atoms with Crippen LogP contribution < -0.4 is 5.56 Å². The van der Waals surface area contributed by atoms with Gasteiger partial charge in [0, 0.05) is 0 Å². The monoisotopic (exact) mass is 247 g/mol. The number of aromatic nitrogens is 3. The number of fused-ring (bicyclic) bond motifs is 1. The number of halogens is 2. The first kappa shape index (κ1) is 8.24. The van der Waals surface area contributed by atoms with Crippen LogP contribution in [0.4, 0.5) is 4.39 Å². The van der Waals surface area contributed by atoms with E-state index in [9.17, 15) is 9.18 Å². The van der Waals surface area contributed by atoms with Gasteiger partial charge in [-0.3, -0.25) is 4.79 Å². The van der Waals surface area contributed by atoms with Gasteiger partial charge in [0.2, 0.25) is 5.82 Å². The maximum absolute atomic E-state index is 12.8. The van der Waals surface area contributed by atoms with Gasteiger partial charge >= 0.3 is 0 Å². The average molecular weight is 248 g/mol. The van der Waals surface area contributed by atoms with Gasteiger partial charge in [0.05, 0.1) is 10.7 Å². The summed E-state index contributed by atoms with van der Waals surface area (Å²) < 4.78 is 14.2. The molecule has 0 unspecified atom stereocenters. The largest absolute Gasteiger partial charge is 0.491 e. The summed E-state index contributed by atoms with van der Waals surface area (Å²) in [5.41, 5.74) is -0.768. The second-order valence-electron chi connectivity index (χ2n) is 2.34. The molecule has 0 spiro atoms. The van der Waals surface area contributed by atoms with Gasteiger partial charge in [-0.2, -0.15) is 14.0 Å². The Labute approximate surface area is 78.9 Å². The van der Waals surface area contributed by atoms with Crippen LogP contribution in [-0.2, 0) is 0 Å². The Balaban J connectivity index is 3.05. The molecule has 2 aromatic heterocycles. The maximum Gasteiger partial charge on any atom is 0.291 e. The minimum absolute atomic E-state index is 0.212. The van der Waals surface area contributed by atoms with E-state index >= 15 is 0 Å². The summed E-state index contributed by atoms with van der Waals surface area (Å²) in [5.74, 6) is -2.05. The molecule has 0 amide bonds. The van der Waals surface area contributed by atoms with E-state index in [2.05, 4.69) is 26.0 Å². The highest BCUT2D eigenvalue weighted by Crippen LogP contribution is 2.18. The van der Waals surface area contributed by atoms with Crippen molar-refractivity contribution in [1.29, 1.82) is 0 Å². The topological polar surface area (TPSA) is 70.4 Å². The van der Waals surface area contributed by atoms with Crippen molar-refractivity contribution in [1.82, 2.24) is 14.6 Å². The van der Waals surface area contributed by atoms with Crippen LogP contribution in [0.5, 0.6) is 5.88 Å². The summed E-state index contributed by atoms with van der Waals surface area (Å²) in [7, 11) is 0. The Morgan fingerprint density at radius 2 is 2.38 bits per heavy atom. The summed E-state index contributed by atoms with van der Waals surface area (Å²) in [6, 6.07) is 0. The summed E-state index contributed by atoms with van der Waals surface area (Å²) in [5, 5.41) is 12.8. The summed E-state index contributed by atoms with van der Waals surface area (Å²) in [6.45, 7) is 0. The SMILES string of the molecule is O=c1[nH]c2c(Br)cnn2c(O)c1F. The van der Waals surface area contributed by atoms with E-state index in [1.807, 2.05) is 0 Å². The number of nitrogens with one attached hydrogen (secondary N) is 1. The van der Waals surface area contributed by atoms with Gasteiger partial charge in [-0.05, 0) is 15.9 Å². The zero-order chi connectivity index (χ0) is 9.59. The first-order valence-corrected chi connectivity index (χ1v) is 4.04. The molecule has 2 N–H and O–H groups in total. The molecule has 2 heterocycles. The van der Waals surface area contributed by atoms with Crippen LogP contribution in [0.2, 0.25) is 0 Å². The molecule has 13 heavy (non-hydrogen) atoms. The molecule has 0 fully saturated rings. The van der Waals surface area contributed by atoms with Crippen LogP contribution in [0.15, 0.2) is 15.5 Å². The minimum Gasteiger partial charge on any atom is -0.491 e. The van der Waals surface area contributed by atoms with Gasteiger partial charge in [-0.25, -0.2) is 0 Å². The summed E-state index contributed by atoms with van der Waals surface area (Å²) in [6.07, 6.45) is 1.34. The Morgan fingerprint density at radius 1 is 1.69 bits per heavy atom. The molecule has 0 bridgehead atoms. The molecule has 2 aromatic rings. The molecule has 0 radical (unpaired) electrons. The Bertz CT molecular complexity index is 532. The van der Waals surface area contributed by atoms with Gasteiger partial charge in [0.25, 0.3) is 11.4 Å². The van der Waals surface area contributed by atoms with Crippen LogP contribution in [0.25, 0.3) is 5.65 Å². The van der Waals surface area contributed by atoms with Crippen LogP contribution >= 0.6 is 15.9 Å². The third-order valence-corrected chi connectivity index (χ3v) is 2.13. The third-order valence-electron chi connectivity index (χ3n) is 1.55.